The molecule has 1 N–H and O–H groups in total. The number of nitrogens with one attached hydrogen (secondary N) is 1. The Labute approximate surface area is 92.0 Å². The summed E-state index contributed by atoms with van der Waals surface area (Å²) in [5.74, 6) is -0.147. The van der Waals surface area contributed by atoms with E-state index in [2.05, 4.69) is 10.1 Å². The Kier molecular flexibility index (Phi) is 7.89. The molecule has 88 valence electrons. The van der Waals surface area contributed by atoms with Gasteiger partial charge in [0, 0.05) is 35.8 Å². The fourth-order valence-corrected chi connectivity index (χ4v) is 1.26. The lowest BCUT2D eigenvalue weighted by atomic mass is 10.3. The molecule has 0 aliphatic carbocycles. The van der Waals surface area contributed by atoms with Gasteiger partial charge in [-0.25, -0.2) is 0 Å². The van der Waals surface area contributed by atoms with Gasteiger partial charge in [-0.15, -0.1) is 0 Å². The Morgan fingerprint density at radius 3 is 2.53 bits per heavy atom. The zero-order valence-electron chi connectivity index (χ0n) is 9.08. The predicted octanol–water partition coefficient (Wildman–Crippen LogP) is -0.176. The third-order valence-electron chi connectivity index (χ3n) is 1.57. The van der Waals surface area contributed by atoms with Crippen LogP contribution in [0.2, 0.25) is 0 Å². The fraction of sp³-hybridized carbons (Fsp3) is 0.778. The van der Waals surface area contributed by atoms with E-state index < -0.39 is 10.8 Å². The highest BCUT2D eigenvalue weighted by molar-refractivity contribution is 7.84. The highest BCUT2D eigenvalue weighted by Gasteiger charge is 2.06. The van der Waals surface area contributed by atoms with E-state index in [9.17, 15) is 13.8 Å². The summed E-state index contributed by atoms with van der Waals surface area (Å²) in [7, 11) is -0.904. The minimum Gasteiger partial charge on any atom is -0.466 e. The summed E-state index contributed by atoms with van der Waals surface area (Å²) < 4.78 is 15.3. The molecule has 0 spiro atoms. The van der Waals surface area contributed by atoms with Crippen molar-refractivity contribution >= 4 is 22.7 Å². The van der Waals surface area contributed by atoms with Crippen LogP contribution in [0, 0.1) is 0 Å². The van der Waals surface area contributed by atoms with Crippen molar-refractivity contribution in [2.75, 3.05) is 25.2 Å². The van der Waals surface area contributed by atoms with Crippen molar-refractivity contribution in [3.05, 3.63) is 0 Å². The molecule has 0 saturated carbocycles. The van der Waals surface area contributed by atoms with Gasteiger partial charge in [-0.3, -0.25) is 13.8 Å². The summed E-state index contributed by atoms with van der Waals surface area (Å²) in [5, 5.41) is 2.57. The smallest absolute Gasteiger partial charge is 0.306 e. The average Bonchev–Trinajstić information content (AvgIpc) is 2.14. The molecule has 6 heteroatoms. The second-order valence-corrected chi connectivity index (χ2v) is 4.49. The molecular formula is C9H17NO4S. The molecule has 0 aromatic rings. The molecule has 0 rings (SSSR count). The van der Waals surface area contributed by atoms with Gasteiger partial charge in [0.2, 0.25) is 5.91 Å². The van der Waals surface area contributed by atoms with Gasteiger partial charge < -0.3 is 10.1 Å². The van der Waals surface area contributed by atoms with Crippen LogP contribution < -0.4 is 5.32 Å². The normalized spacial score (nSPS) is 11.9. The van der Waals surface area contributed by atoms with Crippen LogP contribution in [0.5, 0.6) is 0 Å². The van der Waals surface area contributed by atoms with E-state index in [0.717, 1.165) is 0 Å². The molecule has 0 bridgehead atoms. The van der Waals surface area contributed by atoms with Crippen molar-refractivity contribution in [2.45, 2.75) is 19.8 Å². The minimum absolute atomic E-state index is 0.0922. The zero-order valence-corrected chi connectivity index (χ0v) is 9.89. The largest absolute Gasteiger partial charge is 0.466 e. The van der Waals surface area contributed by atoms with E-state index in [-0.39, 0.29) is 24.7 Å². The van der Waals surface area contributed by atoms with Crippen LogP contribution in [0.25, 0.3) is 0 Å². The number of hydrogen-bond donors (Lipinski definition) is 1. The summed E-state index contributed by atoms with van der Waals surface area (Å²) in [4.78, 5) is 22.0. The van der Waals surface area contributed by atoms with Crippen LogP contribution in [0.3, 0.4) is 0 Å². The second-order valence-electron chi connectivity index (χ2n) is 2.93. The van der Waals surface area contributed by atoms with E-state index in [1.165, 1.54) is 0 Å². The highest BCUT2D eigenvalue weighted by Crippen LogP contribution is 1.92. The van der Waals surface area contributed by atoms with Gasteiger partial charge in [0.05, 0.1) is 13.0 Å². The molecule has 0 aliphatic heterocycles. The summed E-state index contributed by atoms with van der Waals surface area (Å²) in [5.41, 5.74) is 0. The maximum atomic E-state index is 11.1. The average molecular weight is 235 g/mol. The number of carbonyl (C=O) groups is 2. The summed E-state index contributed by atoms with van der Waals surface area (Å²) in [6.07, 6.45) is 1.79. The molecule has 0 saturated heterocycles. The number of rotatable bonds is 7. The van der Waals surface area contributed by atoms with Crippen LogP contribution in [-0.2, 0) is 25.1 Å². The molecule has 1 amide bonds. The molecule has 0 aromatic carbocycles. The standard InChI is InChI=1S/C9H17NO4S/c1-3-14-9(12)5-4-8(11)10-6-7-15(2)13/h3-7H2,1-2H3,(H,10,11). The quantitative estimate of drug-likeness (QED) is 0.622. The molecule has 0 aliphatic rings. The van der Waals surface area contributed by atoms with E-state index in [0.29, 0.717) is 18.9 Å². The van der Waals surface area contributed by atoms with E-state index in [4.69, 9.17) is 0 Å². The summed E-state index contributed by atoms with van der Waals surface area (Å²) in [6.45, 7) is 2.43. The minimum atomic E-state index is -0.904. The second kappa shape index (κ2) is 8.40. The molecule has 0 fully saturated rings. The van der Waals surface area contributed by atoms with Crippen molar-refractivity contribution in [2.24, 2.45) is 0 Å². The maximum Gasteiger partial charge on any atom is 0.306 e. The first-order valence-corrected chi connectivity index (χ1v) is 6.51. The zero-order chi connectivity index (χ0) is 11.7. The maximum absolute atomic E-state index is 11.1. The van der Waals surface area contributed by atoms with Gasteiger partial charge >= 0.3 is 5.97 Å². The third-order valence-corrected chi connectivity index (χ3v) is 2.35. The van der Waals surface area contributed by atoms with E-state index >= 15 is 0 Å². The van der Waals surface area contributed by atoms with Crippen LogP contribution in [0.1, 0.15) is 19.8 Å². The molecule has 1 atom stereocenters. The number of esters is 1. The topological polar surface area (TPSA) is 72.5 Å². The number of amides is 1. The Morgan fingerprint density at radius 2 is 2.00 bits per heavy atom. The van der Waals surface area contributed by atoms with Crippen LogP contribution >= 0.6 is 0 Å². The lowest BCUT2D eigenvalue weighted by molar-refractivity contribution is -0.144. The summed E-state index contributed by atoms with van der Waals surface area (Å²) >= 11 is 0. The Bertz CT molecular complexity index is 242. The molecule has 5 nitrogen and oxygen atoms in total. The molecule has 1 unspecified atom stereocenters. The summed E-state index contributed by atoms with van der Waals surface area (Å²) in [6, 6.07) is 0. The van der Waals surface area contributed by atoms with Gasteiger partial charge in [0.1, 0.15) is 0 Å². The predicted molar refractivity (Wildman–Crippen MR) is 57.8 cm³/mol. The number of carbonyl (C=O) groups excluding carboxylic acids is 2. The van der Waals surface area contributed by atoms with Gasteiger partial charge in [-0.1, -0.05) is 0 Å². The third kappa shape index (κ3) is 9.40. The van der Waals surface area contributed by atoms with Crippen molar-refractivity contribution in [3.8, 4) is 0 Å². The van der Waals surface area contributed by atoms with Gasteiger partial charge in [0.25, 0.3) is 0 Å². The van der Waals surface area contributed by atoms with Gasteiger partial charge in [-0.2, -0.15) is 0 Å². The lowest BCUT2D eigenvalue weighted by Crippen LogP contribution is -2.27. The van der Waals surface area contributed by atoms with E-state index in [1.807, 2.05) is 0 Å². The van der Waals surface area contributed by atoms with Gasteiger partial charge in [-0.05, 0) is 6.92 Å². The SMILES string of the molecule is CCOC(=O)CCC(=O)NCCS(C)=O. The Morgan fingerprint density at radius 1 is 1.33 bits per heavy atom. The molecule has 0 radical (unpaired) electrons. The highest BCUT2D eigenvalue weighted by atomic mass is 32.2. The van der Waals surface area contributed by atoms with Crippen LogP contribution in [0.4, 0.5) is 0 Å². The van der Waals surface area contributed by atoms with Crippen molar-refractivity contribution in [1.82, 2.24) is 5.32 Å². The van der Waals surface area contributed by atoms with Crippen LogP contribution in [-0.4, -0.2) is 41.2 Å². The number of hydrogen-bond acceptors (Lipinski definition) is 4. The van der Waals surface area contributed by atoms with E-state index in [1.54, 1.807) is 13.2 Å². The van der Waals surface area contributed by atoms with Gasteiger partial charge in [0.15, 0.2) is 0 Å². The number of ether oxygens (including phenoxy) is 1. The van der Waals surface area contributed by atoms with Crippen molar-refractivity contribution < 1.29 is 18.5 Å². The Balaban J connectivity index is 3.49. The molecular weight excluding hydrogens is 218 g/mol. The molecule has 15 heavy (non-hydrogen) atoms. The first kappa shape index (κ1) is 14.1. The lowest BCUT2D eigenvalue weighted by Gasteiger charge is -2.03. The molecule has 0 heterocycles. The van der Waals surface area contributed by atoms with Crippen molar-refractivity contribution in [1.29, 1.82) is 0 Å². The Hall–Kier alpha value is -0.910. The fourth-order valence-electron chi connectivity index (χ4n) is 0.871. The first-order chi connectivity index (χ1) is 7.06. The molecule has 0 aromatic heterocycles. The van der Waals surface area contributed by atoms with Crippen LogP contribution in [0.15, 0.2) is 0 Å². The first-order valence-electron chi connectivity index (χ1n) is 4.78. The van der Waals surface area contributed by atoms with Crippen molar-refractivity contribution in [3.63, 3.8) is 0 Å². The monoisotopic (exact) mass is 235 g/mol.